The second-order valence-electron chi connectivity index (χ2n) is 5.63. The molecule has 0 aliphatic heterocycles. The van der Waals surface area contributed by atoms with Crippen LogP contribution in [0.5, 0.6) is 0 Å². The van der Waals surface area contributed by atoms with Crippen LogP contribution in [0.2, 0.25) is 0 Å². The molecule has 150 valence electrons. The molecule has 0 heterocycles. The van der Waals surface area contributed by atoms with Gasteiger partial charge in [0.2, 0.25) is 9.70 Å². The van der Waals surface area contributed by atoms with E-state index in [2.05, 4.69) is 16.0 Å². The summed E-state index contributed by atoms with van der Waals surface area (Å²) in [5.41, 5.74) is 0.706. The molecule has 27 heavy (non-hydrogen) atoms. The van der Waals surface area contributed by atoms with E-state index in [9.17, 15) is 9.59 Å². The number of para-hydroxylation sites is 1. The van der Waals surface area contributed by atoms with Crippen LogP contribution in [-0.2, 0) is 9.53 Å². The minimum atomic E-state index is -1.84. The van der Waals surface area contributed by atoms with Gasteiger partial charge in [-0.3, -0.25) is 4.79 Å². The standard InChI is InChI=1S/C17H22Cl3N3O3S/c1-3-4-5-10-13(24)22-15(17(18,19)20)23-16(27)21-12-9-7-6-8-11(12)14(25)26-2/h6-9,15H,3-5,10H2,1-2H3,(H,22,24)(H2,21,23,27). The fraction of sp³-hybridized carbons (Fsp3) is 0.471. The Morgan fingerprint density at radius 1 is 1.19 bits per heavy atom. The number of methoxy groups -OCH3 is 1. The topological polar surface area (TPSA) is 79.5 Å². The molecule has 3 N–H and O–H groups in total. The normalized spacial score (nSPS) is 12.0. The van der Waals surface area contributed by atoms with E-state index in [4.69, 9.17) is 51.8 Å². The smallest absolute Gasteiger partial charge is 0.339 e. The molecular weight excluding hydrogens is 433 g/mol. The molecule has 1 unspecified atom stereocenters. The van der Waals surface area contributed by atoms with Crippen LogP contribution in [0.15, 0.2) is 24.3 Å². The number of benzene rings is 1. The van der Waals surface area contributed by atoms with Crippen LogP contribution in [0.1, 0.15) is 43.0 Å². The number of amides is 1. The molecule has 1 aromatic carbocycles. The minimum absolute atomic E-state index is 0.0662. The molecular formula is C17H22Cl3N3O3S. The second-order valence-corrected chi connectivity index (χ2v) is 8.41. The van der Waals surface area contributed by atoms with Gasteiger partial charge < -0.3 is 20.7 Å². The SMILES string of the molecule is CCCCCC(=O)NC(NC(=S)Nc1ccccc1C(=O)OC)C(Cl)(Cl)Cl. The first-order valence-corrected chi connectivity index (χ1v) is 9.84. The molecule has 1 amide bonds. The van der Waals surface area contributed by atoms with Gasteiger partial charge >= 0.3 is 5.97 Å². The quantitative estimate of drug-likeness (QED) is 0.180. The zero-order valence-electron chi connectivity index (χ0n) is 15.0. The number of rotatable bonds is 8. The highest BCUT2D eigenvalue weighted by Gasteiger charge is 2.34. The van der Waals surface area contributed by atoms with Crippen molar-refractivity contribution in [1.82, 2.24) is 10.6 Å². The number of carbonyl (C=O) groups is 2. The van der Waals surface area contributed by atoms with Crippen molar-refractivity contribution in [2.75, 3.05) is 12.4 Å². The van der Waals surface area contributed by atoms with Gasteiger partial charge in [-0.05, 0) is 30.8 Å². The van der Waals surface area contributed by atoms with Gasteiger partial charge in [0, 0.05) is 6.42 Å². The van der Waals surface area contributed by atoms with Crippen molar-refractivity contribution in [2.45, 2.75) is 42.6 Å². The van der Waals surface area contributed by atoms with Crippen LogP contribution in [0.25, 0.3) is 0 Å². The van der Waals surface area contributed by atoms with Crippen molar-refractivity contribution in [2.24, 2.45) is 0 Å². The molecule has 0 aromatic heterocycles. The summed E-state index contributed by atoms with van der Waals surface area (Å²) >= 11 is 23.1. The fourth-order valence-electron chi connectivity index (χ4n) is 2.14. The van der Waals surface area contributed by atoms with Gasteiger partial charge in [-0.2, -0.15) is 0 Å². The van der Waals surface area contributed by atoms with Crippen LogP contribution in [0, 0.1) is 0 Å². The summed E-state index contributed by atoms with van der Waals surface area (Å²) in [5, 5.41) is 8.28. The van der Waals surface area contributed by atoms with E-state index in [1.54, 1.807) is 24.3 Å². The number of thiocarbonyl (C=S) groups is 1. The molecule has 0 bridgehead atoms. The fourth-order valence-corrected chi connectivity index (χ4v) is 2.69. The van der Waals surface area contributed by atoms with Crippen molar-refractivity contribution in [3.05, 3.63) is 29.8 Å². The lowest BCUT2D eigenvalue weighted by Gasteiger charge is -2.28. The van der Waals surface area contributed by atoms with Crippen molar-refractivity contribution in [1.29, 1.82) is 0 Å². The number of nitrogens with one attached hydrogen (secondary N) is 3. The molecule has 10 heteroatoms. The summed E-state index contributed by atoms with van der Waals surface area (Å²) in [7, 11) is 1.28. The molecule has 6 nitrogen and oxygen atoms in total. The summed E-state index contributed by atoms with van der Waals surface area (Å²) in [6, 6.07) is 6.64. The number of alkyl halides is 3. The maximum absolute atomic E-state index is 12.0. The lowest BCUT2D eigenvalue weighted by molar-refractivity contribution is -0.122. The Kier molecular flexibility index (Phi) is 10.2. The Hall–Kier alpha value is -1.28. The largest absolute Gasteiger partial charge is 0.465 e. The van der Waals surface area contributed by atoms with Crippen molar-refractivity contribution < 1.29 is 14.3 Å². The van der Waals surface area contributed by atoms with Gasteiger partial charge in [-0.25, -0.2) is 4.79 Å². The molecule has 0 saturated carbocycles. The van der Waals surface area contributed by atoms with E-state index in [1.165, 1.54) is 7.11 Å². The number of hydrogen-bond donors (Lipinski definition) is 3. The van der Waals surface area contributed by atoms with Gasteiger partial charge in [0.15, 0.2) is 5.11 Å². The van der Waals surface area contributed by atoms with E-state index in [0.717, 1.165) is 19.3 Å². The number of carbonyl (C=O) groups excluding carboxylic acids is 2. The van der Waals surface area contributed by atoms with Gasteiger partial charge in [0.05, 0.1) is 18.4 Å². The molecule has 0 saturated heterocycles. The highest BCUT2D eigenvalue weighted by atomic mass is 35.6. The molecule has 1 aromatic rings. The maximum atomic E-state index is 12.0. The Morgan fingerprint density at radius 2 is 1.85 bits per heavy atom. The Morgan fingerprint density at radius 3 is 2.44 bits per heavy atom. The number of hydrogen-bond acceptors (Lipinski definition) is 4. The Balaban J connectivity index is 2.78. The van der Waals surface area contributed by atoms with Crippen LogP contribution in [-0.4, -0.2) is 34.1 Å². The monoisotopic (exact) mass is 453 g/mol. The van der Waals surface area contributed by atoms with Gasteiger partial charge in [0.1, 0.15) is 6.17 Å². The average Bonchev–Trinajstić information content (AvgIpc) is 2.60. The third kappa shape index (κ3) is 8.51. The molecule has 0 aliphatic rings. The molecule has 0 radical (unpaired) electrons. The van der Waals surface area contributed by atoms with Crippen molar-refractivity contribution >= 4 is 69.7 Å². The lowest BCUT2D eigenvalue weighted by atomic mass is 10.2. The summed E-state index contributed by atoms with van der Waals surface area (Å²) in [6.45, 7) is 2.04. The number of halogens is 3. The predicted molar refractivity (Wildman–Crippen MR) is 114 cm³/mol. The van der Waals surface area contributed by atoms with Crippen LogP contribution in [0.4, 0.5) is 5.69 Å². The van der Waals surface area contributed by atoms with E-state index >= 15 is 0 Å². The predicted octanol–water partition coefficient (Wildman–Crippen LogP) is 4.15. The third-order valence-corrected chi connectivity index (χ3v) is 4.37. The summed E-state index contributed by atoms with van der Waals surface area (Å²) < 4.78 is 2.89. The van der Waals surface area contributed by atoms with E-state index in [1.807, 2.05) is 6.92 Å². The first-order valence-electron chi connectivity index (χ1n) is 8.30. The third-order valence-electron chi connectivity index (χ3n) is 3.50. The average molecular weight is 455 g/mol. The molecule has 0 fully saturated rings. The molecule has 1 atom stereocenters. The number of unbranched alkanes of at least 4 members (excludes halogenated alkanes) is 2. The highest BCUT2D eigenvalue weighted by Crippen LogP contribution is 2.29. The Labute approximate surface area is 179 Å². The van der Waals surface area contributed by atoms with Crippen LogP contribution in [0.3, 0.4) is 0 Å². The summed E-state index contributed by atoms with van der Waals surface area (Å²) in [4.78, 5) is 23.9. The molecule has 0 spiro atoms. The van der Waals surface area contributed by atoms with E-state index in [-0.39, 0.29) is 16.6 Å². The first-order chi connectivity index (χ1) is 12.7. The Bertz CT molecular complexity index is 668. The summed E-state index contributed by atoms with van der Waals surface area (Å²) in [5.74, 6) is -0.784. The highest BCUT2D eigenvalue weighted by molar-refractivity contribution is 7.80. The van der Waals surface area contributed by atoms with Gasteiger partial charge in [0.25, 0.3) is 0 Å². The number of anilines is 1. The number of ether oxygens (including phenoxy) is 1. The number of esters is 1. The minimum Gasteiger partial charge on any atom is -0.465 e. The summed E-state index contributed by atoms with van der Waals surface area (Å²) in [6.07, 6.45) is 1.93. The maximum Gasteiger partial charge on any atom is 0.339 e. The molecule has 1 rings (SSSR count). The van der Waals surface area contributed by atoms with Crippen LogP contribution < -0.4 is 16.0 Å². The van der Waals surface area contributed by atoms with Crippen molar-refractivity contribution in [3.63, 3.8) is 0 Å². The zero-order chi connectivity index (χ0) is 20.4. The van der Waals surface area contributed by atoms with E-state index in [0.29, 0.717) is 12.1 Å². The zero-order valence-corrected chi connectivity index (χ0v) is 18.1. The van der Waals surface area contributed by atoms with Gasteiger partial charge in [-0.1, -0.05) is 66.7 Å². The lowest BCUT2D eigenvalue weighted by Crippen LogP contribution is -2.56. The second kappa shape index (κ2) is 11.5. The molecule has 0 aliphatic carbocycles. The van der Waals surface area contributed by atoms with Crippen LogP contribution >= 0.6 is 47.0 Å². The van der Waals surface area contributed by atoms with E-state index < -0.39 is 15.9 Å². The van der Waals surface area contributed by atoms with Gasteiger partial charge in [-0.15, -0.1) is 0 Å². The first kappa shape index (κ1) is 23.8. The van der Waals surface area contributed by atoms with Crippen molar-refractivity contribution in [3.8, 4) is 0 Å².